The fraction of sp³-hybridized carbons (Fsp3) is 0. The van der Waals surface area contributed by atoms with Crippen molar-refractivity contribution in [2.24, 2.45) is 0 Å². The summed E-state index contributed by atoms with van der Waals surface area (Å²) in [6.07, 6.45) is 2.83. The van der Waals surface area contributed by atoms with Gasteiger partial charge in [0, 0.05) is 5.39 Å². The van der Waals surface area contributed by atoms with Gasteiger partial charge in [0.1, 0.15) is 0 Å². The summed E-state index contributed by atoms with van der Waals surface area (Å²) in [4.78, 5) is 6.70. The van der Waals surface area contributed by atoms with Crippen LogP contribution in [0.5, 0.6) is 0 Å². The van der Waals surface area contributed by atoms with Crippen molar-refractivity contribution in [1.29, 1.82) is 0 Å². The third-order valence-electron chi connectivity index (χ3n) is 1.46. The zero-order valence-corrected chi connectivity index (χ0v) is 7.59. The van der Waals surface area contributed by atoms with Gasteiger partial charge < -0.3 is 4.98 Å². The molecule has 1 N–H and O–H groups in total. The maximum atomic E-state index is 12.9. The van der Waals surface area contributed by atoms with E-state index >= 15 is 0 Å². The van der Waals surface area contributed by atoms with Crippen molar-refractivity contribution in [1.82, 2.24) is 9.97 Å². The van der Waals surface area contributed by atoms with Gasteiger partial charge in [-0.25, -0.2) is 4.39 Å². The highest BCUT2D eigenvalue weighted by atomic mass is 127. The van der Waals surface area contributed by atoms with E-state index in [0.29, 0.717) is 5.39 Å². The molecule has 2 heterocycles. The molecule has 2 aromatic heterocycles. The fourth-order valence-corrected chi connectivity index (χ4v) is 1.58. The number of nitrogens with one attached hydrogen (secondary N) is 1. The number of aromatic amines is 1. The lowest BCUT2D eigenvalue weighted by atomic mass is 10.3. The highest BCUT2D eigenvalue weighted by molar-refractivity contribution is 14.1. The first-order valence-electron chi connectivity index (χ1n) is 3.05. The van der Waals surface area contributed by atoms with Gasteiger partial charge in [0.15, 0.2) is 5.82 Å². The fourth-order valence-electron chi connectivity index (χ4n) is 0.983. The normalized spacial score (nSPS) is 10.7. The minimum Gasteiger partial charge on any atom is -0.349 e. The molecule has 0 bridgehead atoms. The van der Waals surface area contributed by atoms with E-state index in [1.807, 2.05) is 0 Å². The lowest BCUT2D eigenvalue weighted by Gasteiger charge is -1.87. The molecule has 0 aromatic carbocycles. The minimum atomic E-state index is -0.276. The van der Waals surface area contributed by atoms with E-state index < -0.39 is 0 Å². The summed E-state index contributed by atoms with van der Waals surface area (Å²) in [7, 11) is 0. The van der Waals surface area contributed by atoms with Crippen molar-refractivity contribution in [2.75, 3.05) is 0 Å². The molecule has 0 aliphatic rings. The van der Waals surface area contributed by atoms with Crippen LogP contribution in [0.4, 0.5) is 4.39 Å². The Kier molecular flexibility index (Phi) is 1.56. The topological polar surface area (TPSA) is 28.7 Å². The van der Waals surface area contributed by atoms with Gasteiger partial charge in [0.25, 0.3) is 0 Å². The molecule has 0 amide bonds. The molecule has 0 radical (unpaired) electrons. The number of H-pyrrole nitrogens is 1. The van der Waals surface area contributed by atoms with Gasteiger partial charge in [-0.2, -0.15) is 0 Å². The van der Waals surface area contributed by atoms with Crippen LogP contribution in [0.2, 0.25) is 0 Å². The monoisotopic (exact) mass is 262 g/mol. The first kappa shape index (κ1) is 7.02. The predicted octanol–water partition coefficient (Wildman–Crippen LogP) is 2.31. The molecule has 11 heavy (non-hydrogen) atoms. The number of hydrogen-bond donors (Lipinski definition) is 1. The van der Waals surface area contributed by atoms with Crippen LogP contribution in [0.25, 0.3) is 10.9 Å². The lowest BCUT2D eigenvalue weighted by molar-refractivity contribution is 0.634. The maximum absolute atomic E-state index is 12.9. The van der Waals surface area contributed by atoms with Gasteiger partial charge in [-0.1, -0.05) is 0 Å². The smallest absolute Gasteiger partial charge is 0.150 e. The molecule has 0 aliphatic carbocycles. The molecule has 0 unspecified atom stereocenters. The van der Waals surface area contributed by atoms with E-state index in [-0.39, 0.29) is 5.82 Å². The summed E-state index contributed by atoms with van der Waals surface area (Å²) in [6, 6.07) is 1.76. The lowest BCUT2D eigenvalue weighted by Crippen LogP contribution is -1.77. The third-order valence-corrected chi connectivity index (χ3v) is 2.05. The van der Waals surface area contributed by atoms with E-state index in [1.165, 1.54) is 6.20 Å². The number of aromatic nitrogens is 2. The van der Waals surface area contributed by atoms with Gasteiger partial charge in [-0.05, 0) is 28.7 Å². The number of hydrogen-bond acceptors (Lipinski definition) is 1. The summed E-state index contributed by atoms with van der Waals surface area (Å²) in [6.45, 7) is 0. The summed E-state index contributed by atoms with van der Waals surface area (Å²) in [5, 5.41) is 0.601. The predicted molar refractivity (Wildman–Crippen MR) is 48.8 cm³/mol. The first-order valence-corrected chi connectivity index (χ1v) is 4.13. The molecule has 0 aliphatic heterocycles. The van der Waals surface area contributed by atoms with Gasteiger partial charge in [-0.3, -0.25) is 4.98 Å². The van der Waals surface area contributed by atoms with Crippen LogP contribution in [0.1, 0.15) is 0 Å². The standard InChI is InChI=1S/C7H4FIN2/c8-5-2-10-3-6-4(5)1-7(9)11-6/h1-3,11H. The summed E-state index contributed by atoms with van der Waals surface area (Å²) >= 11 is 2.10. The molecule has 0 atom stereocenters. The largest absolute Gasteiger partial charge is 0.349 e. The highest BCUT2D eigenvalue weighted by Crippen LogP contribution is 2.17. The molecule has 0 spiro atoms. The van der Waals surface area contributed by atoms with Crippen LogP contribution in [-0.2, 0) is 0 Å². The molecule has 2 rings (SSSR count). The second-order valence-corrected chi connectivity index (χ2v) is 3.36. The molecular weight excluding hydrogens is 258 g/mol. The van der Waals surface area contributed by atoms with Gasteiger partial charge in [-0.15, -0.1) is 0 Å². The van der Waals surface area contributed by atoms with Gasteiger partial charge in [0.2, 0.25) is 0 Å². The Hall–Kier alpha value is -0.650. The number of rotatable bonds is 0. The maximum Gasteiger partial charge on any atom is 0.150 e. The third kappa shape index (κ3) is 1.11. The van der Waals surface area contributed by atoms with Crippen molar-refractivity contribution in [2.45, 2.75) is 0 Å². The van der Waals surface area contributed by atoms with E-state index in [1.54, 1.807) is 12.3 Å². The van der Waals surface area contributed by atoms with Crippen LogP contribution in [0.15, 0.2) is 18.5 Å². The van der Waals surface area contributed by atoms with Gasteiger partial charge in [0.05, 0.1) is 21.6 Å². The van der Waals surface area contributed by atoms with Crippen LogP contribution in [0.3, 0.4) is 0 Å². The van der Waals surface area contributed by atoms with E-state index in [2.05, 4.69) is 32.6 Å². The summed E-state index contributed by atoms with van der Waals surface area (Å²) in [5.74, 6) is -0.276. The van der Waals surface area contributed by atoms with Crippen LogP contribution < -0.4 is 0 Å². The molecule has 0 saturated heterocycles. The Morgan fingerprint density at radius 3 is 3.00 bits per heavy atom. The van der Waals surface area contributed by atoms with Crippen molar-refractivity contribution < 1.29 is 4.39 Å². The van der Waals surface area contributed by atoms with Crippen LogP contribution in [0, 0.1) is 9.52 Å². The molecular formula is C7H4FIN2. The van der Waals surface area contributed by atoms with E-state index in [4.69, 9.17) is 0 Å². The van der Waals surface area contributed by atoms with Crippen molar-refractivity contribution >= 4 is 33.5 Å². The molecule has 2 aromatic rings. The number of pyridine rings is 1. The Labute approximate surface area is 76.0 Å². The highest BCUT2D eigenvalue weighted by Gasteiger charge is 2.02. The summed E-state index contributed by atoms with van der Waals surface area (Å²) in [5.41, 5.74) is 0.745. The Morgan fingerprint density at radius 2 is 2.27 bits per heavy atom. The molecule has 0 fully saturated rings. The molecule has 2 nitrogen and oxygen atoms in total. The first-order chi connectivity index (χ1) is 5.27. The van der Waals surface area contributed by atoms with E-state index in [0.717, 1.165) is 9.22 Å². The zero-order valence-electron chi connectivity index (χ0n) is 5.44. The Morgan fingerprint density at radius 1 is 1.45 bits per heavy atom. The van der Waals surface area contributed by atoms with Crippen LogP contribution in [-0.4, -0.2) is 9.97 Å². The number of halogens is 2. The van der Waals surface area contributed by atoms with Crippen LogP contribution >= 0.6 is 22.6 Å². The van der Waals surface area contributed by atoms with Crippen molar-refractivity contribution in [3.05, 3.63) is 28.0 Å². The Bertz CT molecular complexity index is 396. The zero-order chi connectivity index (χ0) is 7.84. The SMILES string of the molecule is Fc1cncc2[nH]c(I)cc12. The van der Waals surface area contributed by atoms with E-state index in [9.17, 15) is 4.39 Å². The molecule has 4 heteroatoms. The van der Waals surface area contributed by atoms with Gasteiger partial charge >= 0.3 is 0 Å². The second kappa shape index (κ2) is 2.44. The Balaban J connectivity index is 2.90. The molecule has 0 saturated carbocycles. The minimum absolute atomic E-state index is 0.276. The average Bonchev–Trinajstić information content (AvgIpc) is 2.31. The second-order valence-electron chi connectivity index (χ2n) is 2.20. The van der Waals surface area contributed by atoms with Crippen molar-refractivity contribution in [3.63, 3.8) is 0 Å². The number of fused-ring (bicyclic) bond motifs is 1. The quantitative estimate of drug-likeness (QED) is 0.725. The average molecular weight is 262 g/mol. The summed E-state index contributed by atoms with van der Waals surface area (Å²) < 4.78 is 13.8. The van der Waals surface area contributed by atoms with Crippen molar-refractivity contribution in [3.8, 4) is 0 Å². The number of nitrogens with zero attached hydrogens (tertiary/aromatic N) is 1. The molecule has 56 valence electrons.